The average molecular weight is 629 g/mol. The van der Waals surface area contributed by atoms with E-state index in [0.717, 1.165) is 69.0 Å². The Balaban J connectivity index is 0.956. The predicted molar refractivity (Wildman–Crippen MR) is 173 cm³/mol. The molecule has 7 rings (SSSR count). The number of hydrogen-bond acceptors (Lipinski definition) is 5. The lowest BCUT2D eigenvalue weighted by atomic mass is 9.71. The van der Waals surface area contributed by atoms with Crippen LogP contribution < -0.4 is 5.32 Å². The maximum atomic E-state index is 13.5. The fourth-order valence-corrected chi connectivity index (χ4v) is 8.16. The molecule has 1 spiro atoms. The summed E-state index contributed by atoms with van der Waals surface area (Å²) in [7, 11) is 0. The number of nitrogens with zero attached hydrogens (tertiary/aromatic N) is 3. The Hall–Kier alpha value is -3.49. The van der Waals surface area contributed by atoms with Crippen LogP contribution in [0, 0.1) is 10.8 Å². The number of amides is 4. The van der Waals surface area contributed by atoms with Gasteiger partial charge in [-0.25, -0.2) is 0 Å². The first-order valence-electron chi connectivity index (χ1n) is 16.3. The fraction of sp³-hybridized carbons (Fsp3) is 0.500. The minimum atomic E-state index is -0.659. The van der Waals surface area contributed by atoms with Crippen molar-refractivity contribution in [1.29, 1.82) is 0 Å². The van der Waals surface area contributed by atoms with Crippen molar-refractivity contribution in [2.75, 3.05) is 32.7 Å². The van der Waals surface area contributed by atoms with Crippen molar-refractivity contribution >= 4 is 40.8 Å². The Bertz CT molecular complexity index is 1600. The van der Waals surface area contributed by atoms with Crippen LogP contribution in [0.25, 0.3) is 5.57 Å². The largest absolute Gasteiger partial charge is 0.337 e. The summed E-state index contributed by atoms with van der Waals surface area (Å²) >= 11 is 6.19. The Morgan fingerprint density at radius 3 is 2.42 bits per heavy atom. The molecule has 45 heavy (non-hydrogen) atoms. The van der Waals surface area contributed by atoms with Crippen LogP contribution in [0.1, 0.15) is 90.6 Å². The van der Waals surface area contributed by atoms with Crippen molar-refractivity contribution in [3.05, 3.63) is 75.3 Å². The van der Waals surface area contributed by atoms with Gasteiger partial charge in [-0.1, -0.05) is 43.2 Å². The highest BCUT2D eigenvalue weighted by atomic mass is 35.5. The summed E-state index contributed by atoms with van der Waals surface area (Å²) in [4.78, 5) is 56.5. The molecule has 2 aromatic rings. The van der Waals surface area contributed by atoms with Gasteiger partial charge in [-0.2, -0.15) is 0 Å². The van der Waals surface area contributed by atoms with Gasteiger partial charge in [0.2, 0.25) is 11.8 Å². The zero-order valence-corrected chi connectivity index (χ0v) is 26.9. The first-order valence-corrected chi connectivity index (χ1v) is 16.6. The van der Waals surface area contributed by atoms with E-state index >= 15 is 0 Å². The summed E-state index contributed by atoms with van der Waals surface area (Å²) in [5.74, 6) is -0.955. The van der Waals surface area contributed by atoms with Crippen molar-refractivity contribution in [1.82, 2.24) is 20.0 Å². The molecule has 0 bridgehead atoms. The van der Waals surface area contributed by atoms with Crippen molar-refractivity contribution in [3.8, 4) is 0 Å². The number of rotatable bonds is 5. The first-order chi connectivity index (χ1) is 21.5. The number of hydrogen-bond donors (Lipinski definition) is 1. The molecule has 236 valence electrons. The average Bonchev–Trinajstić information content (AvgIpc) is 3.32. The molecule has 4 aliphatic heterocycles. The third-order valence-corrected chi connectivity index (χ3v) is 11.1. The van der Waals surface area contributed by atoms with Crippen molar-refractivity contribution in [2.24, 2.45) is 10.8 Å². The number of carbonyl (C=O) groups excluding carboxylic acids is 4. The van der Waals surface area contributed by atoms with E-state index in [-0.39, 0.29) is 36.1 Å². The van der Waals surface area contributed by atoms with Crippen molar-refractivity contribution < 1.29 is 19.2 Å². The molecule has 0 radical (unpaired) electrons. The summed E-state index contributed by atoms with van der Waals surface area (Å²) < 4.78 is 0. The Morgan fingerprint density at radius 1 is 0.978 bits per heavy atom. The summed E-state index contributed by atoms with van der Waals surface area (Å²) in [6, 6.07) is 12.9. The van der Waals surface area contributed by atoms with Crippen LogP contribution in [0.15, 0.2) is 48.0 Å². The molecule has 2 aromatic carbocycles. The van der Waals surface area contributed by atoms with E-state index in [2.05, 4.69) is 36.2 Å². The molecule has 8 nitrogen and oxygen atoms in total. The number of imide groups is 1. The predicted octanol–water partition coefficient (Wildman–Crippen LogP) is 5.30. The molecule has 1 unspecified atom stereocenters. The van der Waals surface area contributed by atoms with E-state index in [0.29, 0.717) is 23.0 Å². The summed E-state index contributed by atoms with van der Waals surface area (Å²) in [5.41, 5.74) is 6.70. The van der Waals surface area contributed by atoms with Gasteiger partial charge in [-0.05, 0) is 104 Å². The SMILES string of the molecule is CC1(C)CCC(CN2CCC3(CC2)CN(C(=O)c2ccc4c(c2)CN(C2CCC(=O)NC2=O)C4=O)C3)=C(c2ccc(Cl)cc2)C1. The Kier molecular flexibility index (Phi) is 7.64. The molecule has 9 heteroatoms. The lowest BCUT2D eigenvalue weighted by Gasteiger charge is -2.54. The molecular formula is C36H41ClN4O4. The number of piperidine rings is 2. The van der Waals surface area contributed by atoms with E-state index in [4.69, 9.17) is 11.6 Å². The number of allylic oxidation sites excluding steroid dienone is 1. The highest BCUT2D eigenvalue weighted by molar-refractivity contribution is 6.30. The zero-order valence-electron chi connectivity index (χ0n) is 26.2. The molecule has 0 saturated carbocycles. The second-order valence-electron chi connectivity index (χ2n) is 14.6. The number of likely N-dealkylation sites (tertiary alicyclic amines) is 2. The van der Waals surface area contributed by atoms with Gasteiger partial charge in [-0.3, -0.25) is 29.4 Å². The first kappa shape index (κ1) is 30.2. The lowest BCUT2D eigenvalue weighted by Crippen LogP contribution is -2.61. The molecule has 4 amide bonds. The van der Waals surface area contributed by atoms with Crippen LogP contribution in [0.2, 0.25) is 5.02 Å². The Morgan fingerprint density at radius 2 is 1.71 bits per heavy atom. The van der Waals surface area contributed by atoms with E-state index in [9.17, 15) is 19.2 Å². The molecule has 3 saturated heterocycles. The number of benzene rings is 2. The fourth-order valence-electron chi connectivity index (χ4n) is 8.03. The summed E-state index contributed by atoms with van der Waals surface area (Å²) in [5, 5.41) is 3.11. The molecule has 5 aliphatic rings. The van der Waals surface area contributed by atoms with Gasteiger partial charge in [0, 0.05) is 54.2 Å². The second-order valence-corrected chi connectivity index (χ2v) is 15.1. The van der Waals surface area contributed by atoms with E-state index in [1.807, 2.05) is 23.1 Å². The number of carbonyl (C=O) groups is 4. The van der Waals surface area contributed by atoms with Gasteiger partial charge in [0.15, 0.2) is 0 Å². The summed E-state index contributed by atoms with van der Waals surface area (Å²) in [6.07, 6.45) is 6.15. The van der Waals surface area contributed by atoms with Crippen LogP contribution in [-0.2, 0) is 16.1 Å². The normalized spacial score (nSPS) is 24.5. The smallest absolute Gasteiger partial charge is 0.255 e. The lowest BCUT2D eigenvalue weighted by molar-refractivity contribution is -0.136. The minimum Gasteiger partial charge on any atom is -0.337 e. The van der Waals surface area contributed by atoms with E-state index < -0.39 is 11.9 Å². The molecular weight excluding hydrogens is 588 g/mol. The van der Waals surface area contributed by atoms with Crippen LogP contribution in [-0.4, -0.2) is 77.1 Å². The van der Waals surface area contributed by atoms with Crippen molar-refractivity contribution in [2.45, 2.75) is 71.4 Å². The van der Waals surface area contributed by atoms with Gasteiger partial charge in [0.1, 0.15) is 6.04 Å². The summed E-state index contributed by atoms with van der Waals surface area (Å²) in [6.45, 7) is 9.64. The van der Waals surface area contributed by atoms with Crippen LogP contribution in [0.3, 0.4) is 0 Å². The minimum absolute atomic E-state index is 0.000317. The Labute approximate surface area is 269 Å². The van der Waals surface area contributed by atoms with Gasteiger partial charge in [0.25, 0.3) is 11.8 Å². The zero-order chi connectivity index (χ0) is 31.5. The quantitative estimate of drug-likeness (QED) is 0.454. The molecule has 3 fully saturated rings. The highest BCUT2D eigenvalue weighted by Gasteiger charge is 2.47. The van der Waals surface area contributed by atoms with E-state index in [1.165, 1.54) is 22.5 Å². The monoisotopic (exact) mass is 628 g/mol. The number of nitrogens with one attached hydrogen (secondary N) is 1. The molecule has 1 aliphatic carbocycles. The van der Waals surface area contributed by atoms with Crippen LogP contribution in [0.4, 0.5) is 0 Å². The number of halogens is 1. The molecule has 1 atom stereocenters. The van der Waals surface area contributed by atoms with Gasteiger partial charge in [-0.15, -0.1) is 0 Å². The van der Waals surface area contributed by atoms with Crippen LogP contribution >= 0.6 is 11.6 Å². The molecule has 4 heterocycles. The molecule has 0 aromatic heterocycles. The third kappa shape index (κ3) is 5.83. The standard InChI is InChI=1S/C36H41ClN4O4/c1-35(2)12-11-25(29(18-35)23-3-6-27(37)7-4-23)19-39-15-13-36(14-16-39)21-40(22-36)33(44)24-5-8-28-26(17-24)20-41(34(28)45)30-9-10-31(42)38-32(30)43/h3-8,17,30H,9-16,18-22H2,1-2H3,(H,38,42,43). The van der Waals surface area contributed by atoms with Gasteiger partial charge in [0.05, 0.1) is 0 Å². The second kappa shape index (κ2) is 11.4. The third-order valence-electron chi connectivity index (χ3n) is 10.8. The van der Waals surface area contributed by atoms with Gasteiger partial charge < -0.3 is 9.80 Å². The topological polar surface area (TPSA) is 90.0 Å². The van der Waals surface area contributed by atoms with Crippen molar-refractivity contribution in [3.63, 3.8) is 0 Å². The van der Waals surface area contributed by atoms with Crippen LogP contribution in [0.5, 0.6) is 0 Å². The maximum Gasteiger partial charge on any atom is 0.255 e. The van der Waals surface area contributed by atoms with E-state index in [1.54, 1.807) is 17.7 Å². The van der Waals surface area contributed by atoms with Gasteiger partial charge >= 0.3 is 0 Å². The highest BCUT2D eigenvalue weighted by Crippen LogP contribution is 2.45. The maximum absolute atomic E-state index is 13.5. The molecule has 1 N–H and O–H groups in total. The number of fused-ring (bicyclic) bond motifs is 1.